The summed E-state index contributed by atoms with van der Waals surface area (Å²) in [5.41, 5.74) is 1.36. The van der Waals surface area contributed by atoms with Crippen molar-refractivity contribution in [2.45, 2.75) is 95.4 Å². The minimum Gasteiger partial charge on any atom is -0.350 e. The molecule has 2 amide bonds. The van der Waals surface area contributed by atoms with E-state index in [1.54, 1.807) is 25.1 Å². The Kier molecular flexibility index (Phi) is 8.90. The summed E-state index contributed by atoms with van der Waals surface area (Å²) < 4.78 is 65.6. The zero-order chi connectivity index (χ0) is 31.6. The van der Waals surface area contributed by atoms with Crippen LogP contribution < -0.4 is 10.6 Å². The fourth-order valence-corrected chi connectivity index (χ4v) is 5.69. The number of nitrogens with zero attached hydrogens (tertiary/aromatic N) is 5. The summed E-state index contributed by atoms with van der Waals surface area (Å²) >= 11 is 0. The van der Waals surface area contributed by atoms with Gasteiger partial charge in [0.1, 0.15) is 11.9 Å². The zero-order valence-corrected chi connectivity index (χ0v) is 24.1. The molecule has 2 aromatic heterocycles. The van der Waals surface area contributed by atoms with Crippen LogP contribution >= 0.6 is 0 Å². The molecule has 0 unspecified atom stereocenters. The molecular weight excluding hydrogens is 587 g/mol. The van der Waals surface area contributed by atoms with Crippen molar-refractivity contribution in [3.63, 3.8) is 0 Å². The molecular formula is C29H33F5N8O2. The highest BCUT2D eigenvalue weighted by Gasteiger charge is 2.40. The highest BCUT2D eigenvalue weighted by atomic mass is 19.4. The lowest BCUT2D eigenvalue weighted by Gasteiger charge is -2.33. The van der Waals surface area contributed by atoms with Crippen LogP contribution in [0, 0.1) is 23.2 Å². The van der Waals surface area contributed by atoms with Crippen LogP contribution in [0.5, 0.6) is 0 Å². The van der Waals surface area contributed by atoms with Crippen molar-refractivity contribution in [2.75, 3.05) is 0 Å². The Balaban J connectivity index is 1.37. The molecule has 0 aliphatic heterocycles. The van der Waals surface area contributed by atoms with Crippen molar-refractivity contribution in [1.29, 1.82) is 5.26 Å². The monoisotopic (exact) mass is 620 g/mol. The first kappa shape index (κ1) is 31.3. The molecule has 0 saturated heterocycles. The van der Waals surface area contributed by atoms with E-state index in [2.05, 4.69) is 30.8 Å². The number of hydrogen-bond acceptors (Lipinski definition) is 6. The van der Waals surface area contributed by atoms with E-state index in [0.717, 1.165) is 19.3 Å². The summed E-state index contributed by atoms with van der Waals surface area (Å²) in [5.74, 6) is -3.88. The Morgan fingerprint density at radius 3 is 2.52 bits per heavy atom. The number of nitrogens with one attached hydrogen (secondary N) is 3. The maximum absolute atomic E-state index is 14.0. The second-order valence-corrected chi connectivity index (χ2v) is 11.8. The molecule has 2 atom stereocenters. The van der Waals surface area contributed by atoms with Crippen LogP contribution in [0.15, 0.2) is 18.2 Å². The van der Waals surface area contributed by atoms with Crippen LogP contribution in [0.1, 0.15) is 104 Å². The molecule has 5 rings (SSSR count). The first-order chi connectivity index (χ1) is 20.8. The summed E-state index contributed by atoms with van der Waals surface area (Å²) in [4.78, 5) is 34.6. The lowest BCUT2D eigenvalue weighted by Crippen LogP contribution is -2.38. The van der Waals surface area contributed by atoms with Crippen LogP contribution in [-0.2, 0) is 11.3 Å². The lowest BCUT2D eigenvalue weighted by atomic mass is 9.81. The van der Waals surface area contributed by atoms with Gasteiger partial charge in [0, 0.05) is 19.3 Å². The Morgan fingerprint density at radius 2 is 1.89 bits per heavy atom. The minimum atomic E-state index is -4.44. The number of aromatic amines is 1. The minimum absolute atomic E-state index is 0.126. The van der Waals surface area contributed by atoms with E-state index in [0.29, 0.717) is 34.9 Å². The Bertz CT molecular complexity index is 1550. The number of hydrogen-bond donors (Lipinski definition) is 3. The molecule has 44 heavy (non-hydrogen) atoms. The smallest absolute Gasteiger partial charge is 0.350 e. The van der Waals surface area contributed by atoms with Gasteiger partial charge in [-0.05, 0) is 62.1 Å². The third-order valence-electron chi connectivity index (χ3n) is 8.47. The van der Waals surface area contributed by atoms with Gasteiger partial charge < -0.3 is 15.6 Å². The molecule has 2 aliphatic carbocycles. The van der Waals surface area contributed by atoms with Crippen LogP contribution in [0.3, 0.4) is 0 Å². The molecule has 2 saturated carbocycles. The van der Waals surface area contributed by atoms with Gasteiger partial charge in [-0.25, -0.2) is 13.8 Å². The molecule has 3 aromatic rings. The quantitative estimate of drug-likeness (QED) is 0.251. The molecule has 0 bridgehead atoms. The molecule has 10 nitrogen and oxygen atoms in total. The van der Waals surface area contributed by atoms with E-state index in [9.17, 15) is 36.8 Å². The number of H-pyrrole nitrogens is 1. The van der Waals surface area contributed by atoms with Crippen molar-refractivity contribution >= 4 is 22.8 Å². The molecule has 2 fully saturated rings. The van der Waals surface area contributed by atoms with Crippen molar-refractivity contribution < 1.29 is 31.5 Å². The van der Waals surface area contributed by atoms with E-state index in [1.165, 1.54) is 4.80 Å². The number of alkyl halides is 5. The third-order valence-corrected chi connectivity index (χ3v) is 8.47. The van der Waals surface area contributed by atoms with Crippen molar-refractivity contribution in [2.24, 2.45) is 11.8 Å². The molecule has 0 radical (unpaired) electrons. The SMILES string of the molecule is C[C@@H](NC(=O)CCC(F)(F)F)c1ccc2nc([C@@H](NC(=O)c3nn(CC4CCC4)nc3C#N)C3CCC(F)(F)CC3)[nH]c2c1. The number of carbonyl (C=O) groups is 2. The number of fused-ring (bicyclic) bond motifs is 1. The fourth-order valence-electron chi connectivity index (χ4n) is 5.69. The predicted octanol–water partition coefficient (Wildman–Crippen LogP) is 5.64. The van der Waals surface area contributed by atoms with Crippen LogP contribution in [0.25, 0.3) is 11.0 Å². The Morgan fingerprint density at radius 1 is 1.16 bits per heavy atom. The lowest BCUT2D eigenvalue weighted by molar-refractivity contribution is -0.144. The highest BCUT2D eigenvalue weighted by Crippen LogP contribution is 2.41. The topological polar surface area (TPSA) is 141 Å². The number of amides is 2. The molecule has 3 N–H and O–H groups in total. The predicted molar refractivity (Wildman–Crippen MR) is 147 cm³/mol. The fraction of sp³-hybridized carbons (Fsp3) is 0.586. The molecule has 2 heterocycles. The molecule has 236 valence electrons. The molecule has 1 aromatic carbocycles. The zero-order valence-electron chi connectivity index (χ0n) is 24.1. The van der Waals surface area contributed by atoms with Gasteiger partial charge in [0.25, 0.3) is 5.91 Å². The normalized spacial score (nSPS) is 18.8. The van der Waals surface area contributed by atoms with E-state index in [1.807, 2.05) is 6.07 Å². The van der Waals surface area contributed by atoms with E-state index < -0.39 is 48.8 Å². The average molecular weight is 621 g/mol. The van der Waals surface area contributed by atoms with E-state index in [4.69, 9.17) is 0 Å². The van der Waals surface area contributed by atoms with Gasteiger partial charge in [0.2, 0.25) is 11.8 Å². The van der Waals surface area contributed by atoms with Crippen molar-refractivity contribution in [3.8, 4) is 6.07 Å². The summed E-state index contributed by atoms with van der Waals surface area (Å²) in [6.45, 7) is 2.14. The van der Waals surface area contributed by atoms with Crippen LogP contribution in [0.2, 0.25) is 0 Å². The second kappa shape index (κ2) is 12.5. The standard InChI is InChI=1S/C29H33F5N8O2/c1-16(36-23(43)9-12-29(32,33)34)19-5-6-20-21(13-19)38-26(37-20)24(18-7-10-28(30,31)11-8-18)39-27(44)25-22(14-35)40-42(41-25)15-17-3-2-4-17/h5-6,13,16-18,24H,2-4,7-12,15H2,1H3,(H,36,43)(H,37,38)(H,39,44)/t16-,24+/m1/s1. The average Bonchev–Trinajstić information content (AvgIpc) is 3.56. The first-order valence-corrected chi connectivity index (χ1v) is 14.7. The number of carbonyl (C=O) groups excluding carboxylic acids is 2. The number of benzene rings is 1. The summed E-state index contributed by atoms with van der Waals surface area (Å²) in [6.07, 6.45) is -3.62. The molecule has 0 spiro atoms. The third kappa shape index (κ3) is 7.51. The highest BCUT2D eigenvalue weighted by molar-refractivity contribution is 5.94. The molecule has 15 heteroatoms. The summed E-state index contributed by atoms with van der Waals surface area (Å²) in [6, 6.07) is 5.53. The Hall–Kier alpha value is -4.09. The summed E-state index contributed by atoms with van der Waals surface area (Å²) in [5, 5.41) is 23.5. The Labute approximate surface area is 249 Å². The number of imidazole rings is 1. The maximum atomic E-state index is 14.0. The van der Waals surface area contributed by atoms with Gasteiger partial charge >= 0.3 is 6.18 Å². The van der Waals surface area contributed by atoms with Crippen LogP contribution in [-0.4, -0.2) is 48.9 Å². The number of nitriles is 1. The van der Waals surface area contributed by atoms with Crippen LogP contribution in [0.4, 0.5) is 22.0 Å². The summed E-state index contributed by atoms with van der Waals surface area (Å²) in [7, 11) is 0. The second-order valence-electron chi connectivity index (χ2n) is 11.8. The largest absolute Gasteiger partial charge is 0.389 e. The number of halogens is 5. The van der Waals surface area contributed by atoms with Gasteiger partial charge in [0.05, 0.1) is 36.1 Å². The van der Waals surface area contributed by atoms with E-state index in [-0.39, 0.29) is 43.0 Å². The first-order valence-electron chi connectivity index (χ1n) is 14.7. The van der Waals surface area contributed by atoms with Gasteiger partial charge in [0.15, 0.2) is 11.4 Å². The van der Waals surface area contributed by atoms with Gasteiger partial charge in [-0.3, -0.25) is 9.59 Å². The molecule has 2 aliphatic rings. The maximum Gasteiger partial charge on any atom is 0.389 e. The number of rotatable bonds is 10. The van der Waals surface area contributed by atoms with E-state index >= 15 is 0 Å². The van der Waals surface area contributed by atoms with Crippen molar-refractivity contribution in [3.05, 3.63) is 41.0 Å². The van der Waals surface area contributed by atoms with Crippen molar-refractivity contribution in [1.82, 2.24) is 35.6 Å². The van der Waals surface area contributed by atoms with Gasteiger partial charge in [-0.2, -0.15) is 23.2 Å². The number of aromatic nitrogens is 5. The van der Waals surface area contributed by atoms with Gasteiger partial charge in [-0.1, -0.05) is 12.5 Å². The van der Waals surface area contributed by atoms with Gasteiger partial charge in [-0.15, -0.1) is 10.2 Å².